The Kier molecular flexibility index (Phi) is 4.33. The maximum Gasteiger partial charge on any atom is 0.134 e. The summed E-state index contributed by atoms with van der Waals surface area (Å²) in [4.78, 5) is -0.744. The Morgan fingerprint density at radius 1 is 1.11 bits per heavy atom. The van der Waals surface area contributed by atoms with E-state index >= 15 is 0 Å². The molecule has 0 bridgehead atoms. The van der Waals surface area contributed by atoms with Gasteiger partial charge in [-0.05, 0) is 6.92 Å². The van der Waals surface area contributed by atoms with Crippen molar-refractivity contribution in [3.8, 4) is 0 Å². The van der Waals surface area contributed by atoms with Gasteiger partial charge in [-0.1, -0.05) is 0 Å². The van der Waals surface area contributed by atoms with E-state index in [2.05, 4.69) is 0 Å². The molecule has 0 aromatic heterocycles. The van der Waals surface area contributed by atoms with Gasteiger partial charge in [0.25, 0.3) is 0 Å². The first-order valence-corrected chi connectivity index (χ1v) is 4.22. The van der Waals surface area contributed by atoms with Gasteiger partial charge in [0.2, 0.25) is 0 Å². The fourth-order valence-corrected chi connectivity index (χ4v) is 1.24. The van der Waals surface area contributed by atoms with Gasteiger partial charge in [-0.2, -0.15) is 0 Å². The third-order valence-corrected chi connectivity index (χ3v) is 2.85. The van der Waals surface area contributed by atoms with Crippen molar-refractivity contribution in [2.75, 3.05) is 0 Å². The van der Waals surface area contributed by atoms with Gasteiger partial charge >= 0.3 is 0 Å². The SMILES string of the molecule is CC(Cl)(Cl)C(Cl)C(Cl)Cl. The second-order valence-electron chi connectivity index (χ2n) is 1.69. The highest BCUT2D eigenvalue weighted by Crippen LogP contribution is 2.33. The molecule has 0 rings (SSSR count). The lowest BCUT2D eigenvalue weighted by molar-refractivity contribution is 0.810. The molecule has 0 aromatic carbocycles. The molecular weight excluding hydrogens is 225 g/mol. The van der Waals surface area contributed by atoms with Crippen LogP contribution in [0.4, 0.5) is 0 Å². The Morgan fingerprint density at radius 2 is 1.44 bits per heavy atom. The van der Waals surface area contributed by atoms with E-state index in [1.54, 1.807) is 0 Å². The van der Waals surface area contributed by atoms with Crippen molar-refractivity contribution < 1.29 is 0 Å². The minimum Gasteiger partial charge on any atom is -0.117 e. The zero-order valence-electron chi connectivity index (χ0n) is 4.54. The second kappa shape index (κ2) is 3.73. The van der Waals surface area contributed by atoms with E-state index in [-0.39, 0.29) is 0 Å². The van der Waals surface area contributed by atoms with Crippen molar-refractivity contribution in [3.05, 3.63) is 0 Å². The molecule has 0 saturated heterocycles. The van der Waals surface area contributed by atoms with Gasteiger partial charge in [0.1, 0.15) is 9.17 Å². The molecule has 0 saturated carbocycles. The first kappa shape index (κ1) is 10.4. The number of halogens is 5. The molecule has 0 aromatic rings. The van der Waals surface area contributed by atoms with Gasteiger partial charge in [0.05, 0.1) is 5.38 Å². The van der Waals surface area contributed by atoms with Crippen LogP contribution < -0.4 is 0 Å². The van der Waals surface area contributed by atoms with Gasteiger partial charge in [-0.25, -0.2) is 0 Å². The lowest BCUT2D eigenvalue weighted by Crippen LogP contribution is -2.27. The van der Waals surface area contributed by atoms with Crippen molar-refractivity contribution in [1.82, 2.24) is 0 Å². The van der Waals surface area contributed by atoms with E-state index in [1.165, 1.54) is 6.92 Å². The molecule has 5 heteroatoms. The fraction of sp³-hybridized carbons (Fsp3) is 1.00. The van der Waals surface area contributed by atoms with Crippen LogP contribution in [0.15, 0.2) is 0 Å². The van der Waals surface area contributed by atoms with Crippen molar-refractivity contribution in [1.29, 1.82) is 0 Å². The molecule has 1 unspecified atom stereocenters. The Balaban J connectivity index is 3.88. The predicted molar refractivity (Wildman–Crippen MR) is 45.2 cm³/mol. The molecule has 0 fully saturated rings. The number of alkyl halides is 5. The molecule has 0 spiro atoms. The number of hydrogen-bond acceptors (Lipinski definition) is 0. The van der Waals surface area contributed by atoms with Crippen LogP contribution in [-0.4, -0.2) is 14.5 Å². The Bertz CT molecular complexity index is 83.4. The number of hydrogen-bond donors (Lipinski definition) is 0. The van der Waals surface area contributed by atoms with E-state index in [0.29, 0.717) is 0 Å². The predicted octanol–water partition coefficient (Wildman–Crippen LogP) is 3.59. The van der Waals surface area contributed by atoms with Crippen LogP contribution in [0.5, 0.6) is 0 Å². The van der Waals surface area contributed by atoms with Crippen LogP contribution >= 0.6 is 58.0 Å². The van der Waals surface area contributed by atoms with Gasteiger partial charge in [0, 0.05) is 0 Å². The van der Waals surface area contributed by atoms with Gasteiger partial charge < -0.3 is 0 Å². The van der Waals surface area contributed by atoms with Crippen LogP contribution in [0.25, 0.3) is 0 Å². The summed E-state index contributed by atoms with van der Waals surface area (Å²) in [6, 6.07) is 0. The standard InChI is InChI=1S/C4H5Cl5/c1-4(8,9)2(5)3(6)7/h2-3H,1H3. The van der Waals surface area contributed by atoms with Gasteiger partial charge in [0.15, 0.2) is 0 Å². The topological polar surface area (TPSA) is 0 Å². The highest BCUT2D eigenvalue weighted by molar-refractivity contribution is 6.56. The normalized spacial score (nSPS) is 16.3. The highest BCUT2D eigenvalue weighted by atomic mass is 35.5. The number of rotatable bonds is 2. The third kappa shape index (κ3) is 4.00. The minimum absolute atomic E-state index is 0.649. The minimum atomic E-state index is -1.07. The fourth-order valence-electron chi connectivity index (χ4n) is 0.221. The maximum absolute atomic E-state index is 5.56. The van der Waals surface area contributed by atoms with Gasteiger partial charge in [-0.15, -0.1) is 58.0 Å². The zero-order chi connectivity index (χ0) is 7.65. The molecule has 1 atom stereocenters. The monoisotopic (exact) mass is 228 g/mol. The molecule has 56 valence electrons. The highest BCUT2D eigenvalue weighted by Gasteiger charge is 2.32. The summed E-state index contributed by atoms with van der Waals surface area (Å²) in [6.45, 7) is 1.53. The first-order chi connectivity index (χ1) is 3.85. The average Bonchev–Trinajstić information content (AvgIpc) is 1.62. The van der Waals surface area contributed by atoms with Crippen LogP contribution in [0.3, 0.4) is 0 Å². The molecule has 0 aliphatic rings. The largest absolute Gasteiger partial charge is 0.134 e. The lowest BCUT2D eigenvalue weighted by Gasteiger charge is -2.20. The average molecular weight is 230 g/mol. The van der Waals surface area contributed by atoms with Crippen molar-refractivity contribution in [2.45, 2.75) is 21.5 Å². The van der Waals surface area contributed by atoms with E-state index in [0.717, 1.165) is 0 Å². The van der Waals surface area contributed by atoms with E-state index in [9.17, 15) is 0 Å². The quantitative estimate of drug-likeness (QED) is 0.636. The summed E-state index contributed by atoms with van der Waals surface area (Å²) < 4.78 is -1.07. The van der Waals surface area contributed by atoms with Crippen LogP contribution in [0.1, 0.15) is 6.92 Å². The summed E-state index contributed by atoms with van der Waals surface area (Å²) in [5, 5.41) is -0.649. The first-order valence-electron chi connectivity index (χ1n) is 2.15. The molecule has 0 amide bonds. The van der Waals surface area contributed by atoms with Crippen molar-refractivity contribution >= 4 is 58.0 Å². The summed E-state index contributed by atoms with van der Waals surface area (Å²) in [5.41, 5.74) is 0. The van der Waals surface area contributed by atoms with Crippen LogP contribution in [-0.2, 0) is 0 Å². The smallest absolute Gasteiger partial charge is 0.117 e. The molecule has 9 heavy (non-hydrogen) atoms. The maximum atomic E-state index is 5.56. The molecule has 0 aliphatic heterocycles. The second-order valence-corrected chi connectivity index (χ2v) is 5.09. The Labute approximate surface area is 79.4 Å². The molecule has 0 aliphatic carbocycles. The summed E-state index contributed by atoms with van der Waals surface area (Å²) in [6.07, 6.45) is 0. The van der Waals surface area contributed by atoms with Crippen molar-refractivity contribution in [3.63, 3.8) is 0 Å². The van der Waals surface area contributed by atoms with E-state index < -0.39 is 14.5 Å². The molecule has 0 radical (unpaired) electrons. The van der Waals surface area contributed by atoms with E-state index in [1.807, 2.05) is 0 Å². The van der Waals surface area contributed by atoms with Crippen molar-refractivity contribution in [2.24, 2.45) is 0 Å². The lowest BCUT2D eigenvalue weighted by atomic mass is 10.3. The molecular formula is C4H5Cl5. The van der Waals surface area contributed by atoms with E-state index in [4.69, 9.17) is 58.0 Å². The van der Waals surface area contributed by atoms with Crippen LogP contribution in [0, 0.1) is 0 Å². The molecule has 0 nitrogen and oxygen atoms in total. The van der Waals surface area contributed by atoms with Gasteiger partial charge in [-0.3, -0.25) is 0 Å². The van der Waals surface area contributed by atoms with Crippen LogP contribution in [0.2, 0.25) is 0 Å². The third-order valence-electron chi connectivity index (χ3n) is 0.705. The zero-order valence-corrected chi connectivity index (χ0v) is 8.32. The summed E-state index contributed by atoms with van der Waals surface area (Å²) >= 11 is 27.4. The summed E-state index contributed by atoms with van der Waals surface area (Å²) in [5.74, 6) is 0. The Hall–Kier alpha value is 1.45. The molecule has 0 N–H and O–H groups in total. The summed E-state index contributed by atoms with van der Waals surface area (Å²) in [7, 11) is 0. The molecule has 0 heterocycles. The Morgan fingerprint density at radius 3 is 1.44 bits per heavy atom.